The first-order chi connectivity index (χ1) is 15.2. The van der Waals surface area contributed by atoms with E-state index in [-0.39, 0.29) is 12.2 Å². The first kappa shape index (κ1) is 22.3. The van der Waals surface area contributed by atoms with Gasteiger partial charge in [0.1, 0.15) is 29.8 Å². The number of anilines is 3. The summed E-state index contributed by atoms with van der Waals surface area (Å²) in [7, 11) is -0.843. The topological polar surface area (TPSA) is 94.6 Å². The van der Waals surface area contributed by atoms with Crippen molar-refractivity contribution >= 4 is 43.7 Å². The van der Waals surface area contributed by atoms with Crippen LogP contribution in [0.4, 0.5) is 21.6 Å². The molecule has 32 heavy (non-hydrogen) atoms. The van der Waals surface area contributed by atoms with E-state index in [1.165, 1.54) is 24.7 Å². The molecule has 2 N–H and O–H groups in total. The van der Waals surface area contributed by atoms with Crippen molar-refractivity contribution in [2.45, 2.75) is 19.1 Å². The Kier molecular flexibility index (Phi) is 6.18. The summed E-state index contributed by atoms with van der Waals surface area (Å²) < 4.78 is 45.8. The molecule has 170 valence electrons. The van der Waals surface area contributed by atoms with E-state index in [0.29, 0.717) is 41.7 Å². The molecule has 1 fully saturated rings. The molecule has 2 heterocycles. The third-order valence-electron chi connectivity index (χ3n) is 5.03. The van der Waals surface area contributed by atoms with Gasteiger partial charge in [0.05, 0.1) is 24.4 Å². The van der Waals surface area contributed by atoms with Crippen molar-refractivity contribution in [2.75, 3.05) is 36.6 Å². The van der Waals surface area contributed by atoms with E-state index in [1.54, 1.807) is 19.2 Å². The predicted molar refractivity (Wildman–Crippen MR) is 125 cm³/mol. The summed E-state index contributed by atoms with van der Waals surface area (Å²) >= 11 is 0. The standard InChI is InChI=1S/C22H25FN4O4S/c1-13-7-15(27-32(3,4)28)9-17-21(13)22(25-12-24-17)26-16-6-5-14(23)8-18(16)31-20-11-30-10-19(20)29-2/h5-9,12,19-20H,3,10-11H2,1-2,4H3,(H,27,28)(H,24,25,26). The minimum absolute atomic E-state index is 0.235. The molecular formula is C22H25FN4O4S. The first-order valence-electron chi connectivity index (χ1n) is 9.92. The summed E-state index contributed by atoms with van der Waals surface area (Å²) in [5, 5.41) is 4.02. The van der Waals surface area contributed by atoms with Gasteiger partial charge in [-0.25, -0.2) is 18.6 Å². The van der Waals surface area contributed by atoms with Crippen LogP contribution < -0.4 is 14.8 Å². The van der Waals surface area contributed by atoms with Gasteiger partial charge in [-0.05, 0) is 42.6 Å². The fourth-order valence-corrected chi connectivity index (χ4v) is 4.24. The fourth-order valence-electron chi connectivity index (χ4n) is 3.63. The van der Waals surface area contributed by atoms with E-state index in [9.17, 15) is 8.60 Å². The Hall–Kier alpha value is -2.95. The molecule has 0 bridgehead atoms. The smallest absolute Gasteiger partial charge is 0.150 e. The van der Waals surface area contributed by atoms with E-state index in [1.807, 2.05) is 13.0 Å². The minimum Gasteiger partial charge on any atom is -0.483 e. The van der Waals surface area contributed by atoms with Crippen LogP contribution in [0.3, 0.4) is 0 Å². The minimum atomic E-state index is -2.43. The van der Waals surface area contributed by atoms with Crippen LogP contribution in [0.5, 0.6) is 5.75 Å². The molecule has 3 atom stereocenters. The van der Waals surface area contributed by atoms with Gasteiger partial charge in [-0.2, -0.15) is 0 Å². The average Bonchev–Trinajstić information content (AvgIpc) is 3.15. The second-order valence-corrected chi connectivity index (χ2v) is 9.96. The number of rotatable bonds is 7. The number of aromatic nitrogens is 2. The van der Waals surface area contributed by atoms with E-state index >= 15 is 0 Å². The molecule has 0 saturated carbocycles. The predicted octanol–water partition coefficient (Wildman–Crippen LogP) is 3.29. The van der Waals surface area contributed by atoms with Gasteiger partial charge in [-0.1, -0.05) is 0 Å². The summed E-state index contributed by atoms with van der Waals surface area (Å²) in [6.07, 6.45) is 2.36. The van der Waals surface area contributed by atoms with E-state index in [2.05, 4.69) is 25.9 Å². The summed E-state index contributed by atoms with van der Waals surface area (Å²) in [6, 6.07) is 7.89. The Bertz CT molecular complexity index is 1250. The lowest BCUT2D eigenvalue weighted by Gasteiger charge is -2.21. The molecule has 4 rings (SSSR count). The molecule has 0 aliphatic carbocycles. The second-order valence-electron chi connectivity index (χ2n) is 7.75. The third-order valence-corrected chi connectivity index (χ3v) is 5.69. The highest BCUT2D eigenvalue weighted by Crippen LogP contribution is 2.34. The highest BCUT2D eigenvalue weighted by atomic mass is 32.2. The molecule has 1 aliphatic heterocycles. The van der Waals surface area contributed by atoms with Gasteiger partial charge in [0.2, 0.25) is 0 Å². The van der Waals surface area contributed by atoms with Gasteiger partial charge in [0, 0.05) is 40.2 Å². The molecule has 3 aromatic rings. The molecule has 0 radical (unpaired) electrons. The molecule has 10 heteroatoms. The number of ether oxygens (including phenoxy) is 3. The van der Waals surface area contributed by atoms with Crippen LogP contribution in [-0.4, -0.2) is 58.8 Å². The molecule has 2 aromatic carbocycles. The first-order valence-corrected chi connectivity index (χ1v) is 12.1. The molecule has 0 spiro atoms. The number of methoxy groups -OCH3 is 1. The average molecular weight is 461 g/mol. The molecule has 1 aliphatic rings. The number of hydrogen-bond acceptors (Lipinski definition) is 7. The number of hydrogen-bond donors (Lipinski definition) is 2. The number of halogens is 1. The molecule has 1 aromatic heterocycles. The largest absolute Gasteiger partial charge is 0.483 e. The maximum absolute atomic E-state index is 14.0. The lowest BCUT2D eigenvalue weighted by molar-refractivity contribution is 0.0328. The molecular weight excluding hydrogens is 435 g/mol. The van der Waals surface area contributed by atoms with E-state index in [0.717, 1.165) is 10.9 Å². The maximum Gasteiger partial charge on any atom is 0.150 e. The molecule has 8 nitrogen and oxygen atoms in total. The Morgan fingerprint density at radius 2 is 2.00 bits per heavy atom. The highest BCUT2D eigenvalue weighted by molar-refractivity contribution is 8.00. The van der Waals surface area contributed by atoms with Crippen molar-refractivity contribution in [2.24, 2.45) is 0 Å². The summed E-state index contributed by atoms with van der Waals surface area (Å²) in [5.74, 6) is 4.07. The number of nitrogens with one attached hydrogen (secondary N) is 2. The molecule has 3 unspecified atom stereocenters. The summed E-state index contributed by atoms with van der Waals surface area (Å²) in [4.78, 5) is 8.73. The van der Waals surface area contributed by atoms with Gasteiger partial charge >= 0.3 is 0 Å². The highest BCUT2D eigenvalue weighted by Gasteiger charge is 2.30. The van der Waals surface area contributed by atoms with Gasteiger partial charge in [0.25, 0.3) is 0 Å². The van der Waals surface area contributed by atoms with Crippen molar-refractivity contribution in [3.8, 4) is 5.75 Å². The van der Waals surface area contributed by atoms with E-state index < -0.39 is 15.5 Å². The van der Waals surface area contributed by atoms with Crippen molar-refractivity contribution in [3.05, 3.63) is 48.0 Å². The van der Waals surface area contributed by atoms with Gasteiger partial charge < -0.3 is 24.2 Å². The Balaban J connectivity index is 1.69. The Morgan fingerprint density at radius 1 is 1.22 bits per heavy atom. The van der Waals surface area contributed by atoms with Crippen LogP contribution in [0.25, 0.3) is 10.9 Å². The van der Waals surface area contributed by atoms with Crippen molar-refractivity contribution in [1.82, 2.24) is 9.97 Å². The number of fused-ring (bicyclic) bond motifs is 1. The maximum atomic E-state index is 14.0. The van der Waals surface area contributed by atoms with Crippen LogP contribution in [0, 0.1) is 12.7 Å². The van der Waals surface area contributed by atoms with Gasteiger partial charge in [0.15, 0.2) is 6.10 Å². The molecule has 0 amide bonds. The zero-order valence-corrected chi connectivity index (χ0v) is 18.9. The number of nitrogens with zero attached hydrogens (tertiary/aromatic N) is 2. The van der Waals surface area contributed by atoms with Gasteiger partial charge in [-0.3, -0.25) is 0 Å². The lowest BCUT2D eigenvalue weighted by atomic mass is 10.1. The molecule has 1 saturated heterocycles. The fraction of sp³-hybridized carbons (Fsp3) is 0.318. The third kappa shape index (κ3) is 4.93. The quantitative estimate of drug-likeness (QED) is 0.523. The Morgan fingerprint density at radius 3 is 2.75 bits per heavy atom. The monoisotopic (exact) mass is 460 g/mol. The normalized spacial score (nSPS) is 20.1. The van der Waals surface area contributed by atoms with Crippen molar-refractivity contribution in [1.29, 1.82) is 0 Å². The van der Waals surface area contributed by atoms with Crippen LogP contribution in [0.1, 0.15) is 5.56 Å². The number of benzene rings is 2. The summed E-state index contributed by atoms with van der Waals surface area (Å²) in [5.41, 5.74) is 2.72. The van der Waals surface area contributed by atoms with Crippen LogP contribution in [0.2, 0.25) is 0 Å². The van der Waals surface area contributed by atoms with Crippen LogP contribution in [-0.2, 0) is 19.2 Å². The zero-order valence-electron chi connectivity index (χ0n) is 18.1. The zero-order chi connectivity index (χ0) is 22.9. The SMILES string of the molecule is C=S(C)(=O)Nc1cc(C)c2c(Nc3ccc(F)cc3OC3COCC3OC)ncnc2c1. The number of aryl methyl sites for hydroxylation is 1. The van der Waals surface area contributed by atoms with Crippen LogP contribution >= 0.6 is 0 Å². The Labute approximate surface area is 186 Å². The van der Waals surface area contributed by atoms with Crippen LogP contribution in [0.15, 0.2) is 36.7 Å². The summed E-state index contributed by atoms with van der Waals surface area (Å²) in [6.45, 7) is 2.68. The lowest BCUT2D eigenvalue weighted by Crippen LogP contribution is -2.31. The van der Waals surface area contributed by atoms with Crippen molar-refractivity contribution < 1.29 is 22.8 Å². The van der Waals surface area contributed by atoms with Gasteiger partial charge in [-0.15, -0.1) is 0 Å². The van der Waals surface area contributed by atoms with Crippen molar-refractivity contribution in [3.63, 3.8) is 0 Å². The van der Waals surface area contributed by atoms with E-state index in [4.69, 9.17) is 14.2 Å². The second kappa shape index (κ2) is 8.89.